The topological polar surface area (TPSA) is 102 Å². The van der Waals surface area contributed by atoms with E-state index in [1.165, 1.54) is 4.68 Å². The molecule has 1 aliphatic heterocycles. The van der Waals surface area contributed by atoms with E-state index in [4.69, 9.17) is 5.11 Å². The van der Waals surface area contributed by atoms with Crippen molar-refractivity contribution in [3.05, 3.63) is 15.8 Å². The number of hydrogen-bond acceptors (Lipinski definition) is 5. The van der Waals surface area contributed by atoms with Crippen LogP contribution in [0.3, 0.4) is 0 Å². The van der Waals surface area contributed by atoms with Gasteiger partial charge in [0, 0.05) is 20.1 Å². The van der Waals surface area contributed by atoms with Crippen molar-refractivity contribution in [1.82, 2.24) is 9.78 Å². The molecule has 2 rings (SSSR count). The van der Waals surface area contributed by atoms with Gasteiger partial charge in [-0.15, -0.1) is 0 Å². The molecule has 0 bridgehead atoms. The lowest BCUT2D eigenvalue weighted by molar-refractivity contribution is -0.384. The van der Waals surface area contributed by atoms with Crippen LogP contribution in [0.4, 0.5) is 11.5 Å². The fourth-order valence-electron chi connectivity index (χ4n) is 2.68. The zero-order valence-corrected chi connectivity index (χ0v) is 11.6. The van der Waals surface area contributed by atoms with Crippen LogP contribution >= 0.6 is 0 Å². The predicted octanol–water partition coefficient (Wildman–Crippen LogP) is 1.19. The molecule has 0 aliphatic carbocycles. The third-order valence-corrected chi connectivity index (χ3v) is 3.72. The summed E-state index contributed by atoms with van der Waals surface area (Å²) in [4.78, 5) is 23.7. The number of aliphatic carboxylic acids is 1. The van der Waals surface area contributed by atoms with E-state index in [-0.39, 0.29) is 11.6 Å². The molecule has 1 aliphatic rings. The molecule has 0 unspecified atom stereocenters. The van der Waals surface area contributed by atoms with E-state index in [9.17, 15) is 14.9 Å². The molecular weight excluding hydrogens is 264 g/mol. The number of anilines is 1. The van der Waals surface area contributed by atoms with Gasteiger partial charge in [-0.25, -0.2) is 4.68 Å². The van der Waals surface area contributed by atoms with Crippen LogP contribution in [0.25, 0.3) is 0 Å². The first-order chi connectivity index (χ1) is 9.45. The zero-order valence-electron chi connectivity index (χ0n) is 11.6. The monoisotopic (exact) mass is 282 g/mol. The summed E-state index contributed by atoms with van der Waals surface area (Å²) >= 11 is 0. The molecule has 20 heavy (non-hydrogen) atoms. The van der Waals surface area contributed by atoms with E-state index in [1.807, 2.05) is 11.8 Å². The van der Waals surface area contributed by atoms with Gasteiger partial charge in [0.25, 0.3) is 0 Å². The Morgan fingerprint density at radius 1 is 1.50 bits per heavy atom. The maximum Gasteiger partial charge on any atom is 0.334 e. The summed E-state index contributed by atoms with van der Waals surface area (Å²) < 4.78 is 1.53. The molecule has 0 saturated carbocycles. The Morgan fingerprint density at radius 2 is 2.10 bits per heavy atom. The Balaban J connectivity index is 2.28. The highest BCUT2D eigenvalue weighted by Gasteiger charge is 2.33. The quantitative estimate of drug-likeness (QED) is 0.657. The van der Waals surface area contributed by atoms with E-state index in [0.29, 0.717) is 43.9 Å². The third kappa shape index (κ3) is 2.45. The van der Waals surface area contributed by atoms with Gasteiger partial charge in [0.05, 0.1) is 10.8 Å². The summed E-state index contributed by atoms with van der Waals surface area (Å²) in [5, 5.41) is 24.4. The third-order valence-electron chi connectivity index (χ3n) is 3.72. The second kappa shape index (κ2) is 5.48. The Labute approximate surface area is 116 Å². The number of rotatable bonds is 4. The first-order valence-electron chi connectivity index (χ1n) is 6.63. The van der Waals surface area contributed by atoms with Crippen molar-refractivity contribution in [2.45, 2.75) is 26.2 Å². The van der Waals surface area contributed by atoms with Crippen LogP contribution in [-0.2, 0) is 18.3 Å². The number of nitro groups is 1. The van der Waals surface area contributed by atoms with Crippen molar-refractivity contribution in [2.75, 3.05) is 18.0 Å². The fraction of sp³-hybridized carbons (Fsp3) is 0.667. The number of nitrogens with zero attached hydrogens (tertiary/aromatic N) is 4. The molecule has 0 spiro atoms. The molecule has 0 amide bonds. The fourth-order valence-corrected chi connectivity index (χ4v) is 2.68. The Hall–Kier alpha value is -2.12. The van der Waals surface area contributed by atoms with Gasteiger partial charge >= 0.3 is 11.7 Å². The molecule has 1 aromatic rings. The second-order valence-corrected chi connectivity index (χ2v) is 4.95. The van der Waals surface area contributed by atoms with Gasteiger partial charge in [0.1, 0.15) is 5.69 Å². The molecule has 2 heterocycles. The molecule has 0 aromatic carbocycles. The Morgan fingerprint density at radius 3 is 2.55 bits per heavy atom. The van der Waals surface area contributed by atoms with E-state index in [0.717, 1.165) is 0 Å². The predicted molar refractivity (Wildman–Crippen MR) is 71.8 cm³/mol. The average Bonchev–Trinajstić information content (AvgIpc) is 2.75. The lowest BCUT2D eigenvalue weighted by atomic mass is 9.97. The van der Waals surface area contributed by atoms with E-state index < -0.39 is 10.9 Å². The van der Waals surface area contributed by atoms with Gasteiger partial charge in [0.2, 0.25) is 5.82 Å². The molecule has 0 atom stereocenters. The summed E-state index contributed by atoms with van der Waals surface area (Å²) in [5.41, 5.74) is 0.511. The molecule has 0 radical (unpaired) electrons. The lowest BCUT2D eigenvalue weighted by Gasteiger charge is -2.30. The van der Waals surface area contributed by atoms with Crippen LogP contribution in [0.15, 0.2) is 0 Å². The van der Waals surface area contributed by atoms with Gasteiger partial charge in [-0.1, -0.05) is 6.92 Å². The minimum absolute atomic E-state index is 0.0452. The van der Waals surface area contributed by atoms with Crippen LogP contribution in [0.5, 0.6) is 0 Å². The number of aryl methyl sites for hydroxylation is 2. The van der Waals surface area contributed by atoms with Crippen LogP contribution in [0.1, 0.15) is 25.5 Å². The van der Waals surface area contributed by atoms with Crippen molar-refractivity contribution in [3.63, 3.8) is 0 Å². The van der Waals surface area contributed by atoms with Gasteiger partial charge in [-0.05, 0) is 19.3 Å². The van der Waals surface area contributed by atoms with Crippen LogP contribution in [0, 0.1) is 16.0 Å². The number of aromatic nitrogens is 2. The van der Waals surface area contributed by atoms with E-state index in [2.05, 4.69) is 5.10 Å². The highest BCUT2D eigenvalue weighted by Crippen LogP contribution is 2.34. The van der Waals surface area contributed by atoms with Gasteiger partial charge < -0.3 is 10.0 Å². The molecule has 110 valence electrons. The van der Waals surface area contributed by atoms with Crippen molar-refractivity contribution < 1.29 is 14.8 Å². The summed E-state index contributed by atoms with van der Waals surface area (Å²) in [7, 11) is 1.69. The number of piperidine rings is 1. The standard InChI is InChI=1S/C12H18N4O4/c1-3-9-10(16(19)20)11(14(2)13-9)15-6-4-8(5-7-15)12(17)18/h8H,3-7H2,1-2H3,(H,17,18). The summed E-state index contributed by atoms with van der Waals surface area (Å²) in [6.45, 7) is 2.83. The highest BCUT2D eigenvalue weighted by molar-refractivity contribution is 5.71. The first kappa shape index (κ1) is 14.3. The maximum absolute atomic E-state index is 11.3. The zero-order chi connectivity index (χ0) is 14.9. The van der Waals surface area contributed by atoms with Crippen molar-refractivity contribution in [1.29, 1.82) is 0 Å². The highest BCUT2D eigenvalue weighted by atomic mass is 16.6. The largest absolute Gasteiger partial charge is 0.481 e. The number of carboxylic acids is 1. The molecule has 8 heteroatoms. The molecule has 1 saturated heterocycles. The Bertz CT molecular complexity index is 532. The summed E-state index contributed by atoms with van der Waals surface area (Å²) in [5.74, 6) is -0.668. The molecule has 1 N–H and O–H groups in total. The van der Waals surface area contributed by atoms with Crippen molar-refractivity contribution in [3.8, 4) is 0 Å². The van der Waals surface area contributed by atoms with Crippen LogP contribution < -0.4 is 4.90 Å². The number of carbonyl (C=O) groups is 1. The minimum atomic E-state index is -0.793. The molecule has 1 fully saturated rings. The van der Waals surface area contributed by atoms with Crippen LogP contribution in [-0.4, -0.2) is 38.9 Å². The Kier molecular flexibility index (Phi) is 3.91. The molecule has 1 aromatic heterocycles. The van der Waals surface area contributed by atoms with Crippen molar-refractivity contribution >= 4 is 17.5 Å². The number of hydrogen-bond donors (Lipinski definition) is 1. The van der Waals surface area contributed by atoms with E-state index in [1.54, 1.807) is 7.05 Å². The van der Waals surface area contributed by atoms with Crippen molar-refractivity contribution in [2.24, 2.45) is 13.0 Å². The second-order valence-electron chi connectivity index (χ2n) is 4.95. The first-order valence-corrected chi connectivity index (χ1v) is 6.63. The molecule has 8 nitrogen and oxygen atoms in total. The molecular formula is C12H18N4O4. The summed E-state index contributed by atoms with van der Waals surface area (Å²) in [6.07, 6.45) is 1.49. The van der Waals surface area contributed by atoms with E-state index >= 15 is 0 Å². The maximum atomic E-state index is 11.3. The number of carboxylic acid groups (broad SMARTS) is 1. The summed E-state index contributed by atoms with van der Waals surface area (Å²) in [6, 6.07) is 0. The average molecular weight is 282 g/mol. The van der Waals surface area contributed by atoms with Gasteiger partial charge in [0.15, 0.2) is 0 Å². The van der Waals surface area contributed by atoms with Crippen LogP contribution in [0.2, 0.25) is 0 Å². The lowest BCUT2D eigenvalue weighted by Crippen LogP contribution is -2.37. The van der Waals surface area contributed by atoms with Gasteiger partial charge in [-0.2, -0.15) is 5.10 Å². The van der Waals surface area contributed by atoms with Gasteiger partial charge in [-0.3, -0.25) is 14.9 Å². The minimum Gasteiger partial charge on any atom is -0.481 e. The normalized spacial score (nSPS) is 16.4. The SMILES string of the molecule is CCc1nn(C)c(N2CCC(C(=O)O)CC2)c1[N+](=O)[O-]. The smallest absolute Gasteiger partial charge is 0.334 e.